The number of aryl methyl sites for hydroxylation is 1. The first-order valence-corrected chi connectivity index (χ1v) is 11.6. The van der Waals surface area contributed by atoms with E-state index in [0.29, 0.717) is 41.8 Å². The number of allylic oxidation sites excluding steroid dienone is 1. The molecule has 0 aliphatic heterocycles. The number of Topliss-reactive ketones (excluding diaryl/α,β-unsaturated/α-hetero) is 1. The highest BCUT2D eigenvalue weighted by Crippen LogP contribution is 2.45. The Hall–Kier alpha value is -3.13. The molecule has 4 N–H and O–H groups in total. The molecule has 8 nitrogen and oxygen atoms in total. The first-order chi connectivity index (χ1) is 15.9. The first kappa shape index (κ1) is 21.7. The number of ether oxygens (including phenoxy) is 1. The minimum Gasteiger partial charge on any atom is -0.494 e. The highest BCUT2D eigenvalue weighted by atomic mass is 35.5. The van der Waals surface area contributed by atoms with E-state index in [1.54, 1.807) is 7.11 Å². The zero-order valence-electron chi connectivity index (χ0n) is 18.3. The van der Waals surface area contributed by atoms with E-state index in [1.165, 1.54) is 6.20 Å². The van der Waals surface area contributed by atoms with Crippen molar-refractivity contribution in [2.75, 3.05) is 17.7 Å². The van der Waals surface area contributed by atoms with E-state index in [2.05, 4.69) is 32.8 Å². The molecule has 0 unspecified atom stereocenters. The van der Waals surface area contributed by atoms with Gasteiger partial charge in [0.15, 0.2) is 5.82 Å². The number of carbonyl (C=O) groups is 2. The van der Waals surface area contributed by atoms with Crippen molar-refractivity contribution < 1.29 is 14.3 Å². The van der Waals surface area contributed by atoms with Crippen LogP contribution < -0.4 is 21.1 Å². The molecule has 0 saturated heterocycles. The number of amides is 1. The van der Waals surface area contributed by atoms with Crippen molar-refractivity contribution >= 4 is 40.7 Å². The summed E-state index contributed by atoms with van der Waals surface area (Å²) in [5.41, 5.74) is 8.57. The normalized spacial score (nSPS) is 25.5. The van der Waals surface area contributed by atoms with E-state index < -0.39 is 0 Å². The maximum absolute atomic E-state index is 12.1. The number of benzene rings is 1. The molecule has 1 saturated carbocycles. The second-order valence-electron chi connectivity index (χ2n) is 8.88. The molecular formula is C24H26ClN5O3. The number of methoxy groups -OCH3 is 1. The number of fused-ring (bicyclic) bond motifs is 3. The average Bonchev–Trinajstić information content (AvgIpc) is 3.35. The lowest BCUT2D eigenvalue weighted by molar-refractivity contribution is -0.122. The second kappa shape index (κ2) is 8.67. The van der Waals surface area contributed by atoms with Gasteiger partial charge in [-0.05, 0) is 48.3 Å². The van der Waals surface area contributed by atoms with Crippen LogP contribution in [0.25, 0.3) is 0 Å². The van der Waals surface area contributed by atoms with Crippen molar-refractivity contribution in [3.63, 3.8) is 0 Å². The van der Waals surface area contributed by atoms with Gasteiger partial charge in [0.2, 0.25) is 11.9 Å². The van der Waals surface area contributed by atoms with Gasteiger partial charge in [-0.15, -0.1) is 0 Å². The van der Waals surface area contributed by atoms with E-state index in [-0.39, 0.29) is 35.5 Å². The number of nitrogens with zero attached hydrogens (tertiary/aromatic N) is 2. The van der Waals surface area contributed by atoms with Gasteiger partial charge in [0.05, 0.1) is 24.9 Å². The molecule has 3 aliphatic carbocycles. The zero-order valence-corrected chi connectivity index (χ0v) is 19.1. The summed E-state index contributed by atoms with van der Waals surface area (Å²) in [5, 5.41) is 6.94. The van der Waals surface area contributed by atoms with Crippen molar-refractivity contribution in [1.29, 1.82) is 0 Å². The van der Waals surface area contributed by atoms with E-state index in [4.69, 9.17) is 22.1 Å². The van der Waals surface area contributed by atoms with Crippen LogP contribution in [0.5, 0.6) is 5.75 Å². The monoisotopic (exact) mass is 467 g/mol. The van der Waals surface area contributed by atoms with Gasteiger partial charge >= 0.3 is 0 Å². The van der Waals surface area contributed by atoms with Crippen LogP contribution in [0.1, 0.15) is 30.4 Å². The highest BCUT2D eigenvalue weighted by molar-refractivity contribution is 6.32. The van der Waals surface area contributed by atoms with Gasteiger partial charge in [0, 0.05) is 18.9 Å². The molecule has 2 bridgehead atoms. The summed E-state index contributed by atoms with van der Waals surface area (Å²) in [6, 6.07) is 3.78. The molecule has 0 radical (unpaired) electrons. The molecule has 1 heterocycles. The van der Waals surface area contributed by atoms with Crippen LogP contribution in [0, 0.1) is 17.8 Å². The van der Waals surface area contributed by atoms with Crippen molar-refractivity contribution in [3.05, 3.63) is 46.6 Å². The summed E-state index contributed by atoms with van der Waals surface area (Å²) in [5.74, 6) is 1.51. The molecule has 1 amide bonds. The molecule has 9 heteroatoms. The number of primary amides is 1. The van der Waals surface area contributed by atoms with Crippen LogP contribution in [0.2, 0.25) is 5.02 Å². The zero-order chi connectivity index (χ0) is 23.1. The fourth-order valence-corrected chi connectivity index (χ4v) is 5.53. The smallest absolute Gasteiger partial charge is 0.229 e. The Bertz CT molecular complexity index is 1150. The number of halogens is 1. The number of hydrogen-bond donors (Lipinski definition) is 3. The number of aromatic nitrogens is 2. The number of anilines is 3. The Balaban J connectivity index is 1.41. The average molecular weight is 468 g/mol. The van der Waals surface area contributed by atoms with Gasteiger partial charge in [-0.25, -0.2) is 4.98 Å². The van der Waals surface area contributed by atoms with Gasteiger partial charge in [0.25, 0.3) is 0 Å². The van der Waals surface area contributed by atoms with Crippen molar-refractivity contribution in [3.8, 4) is 5.75 Å². The van der Waals surface area contributed by atoms with E-state index in [1.807, 2.05) is 12.1 Å². The molecule has 5 rings (SSSR count). The molecule has 172 valence electrons. The van der Waals surface area contributed by atoms with Gasteiger partial charge < -0.3 is 21.1 Å². The number of carbonyl (C=O) groups excluding carboxylic acids is 2. The summed E-state index contributed by atoms with van der Waals surface area (Å²) in [7, 11) is 1.62. The predicted octanol–water partition coefficient (Wildman–Crippen LogP) is 3.42. The van der Waals surface area contributed by atoms with E-state index >= 15 is 0 Å². The fourth-order valence-electron chi connectivity index (χ4n) is 5.39. The van der Waals surface area contributed by atoms with Gasteiger partial charge in [-0.2, -0.15) is 4.98 Å². The number of ketones is 1. The van der Waals surface area contributed by atoms with Crippen molar-refractivity contribution in [2.45, 2.75) is 38.1 Å². The topological polar surface area (TPSA) is 119 Å². The standard InChI is InChI=1S/C24H26ClN5O3/c1-33-21-16-8-7-15(31)6-4-12(16)5-9-18(21)28-24-27-11-17(25)23(30-24)29-20-14-3-2-13(10-14)19(20)22(26)32/h2-3,5,9,11,13-14,19-20H,4,6-8,10H2,1H3,(H2,26,32)(H2,27,28,29,30)/t13-,14+,19+,20-/m1/s1. The third kappa shape index (κ3) is 4.04. The Morgan fingerprint density at radius 3 is 2.76 bits per heavy atom. The number of nitrogens with two attached hydrogens (primary N) is 1. The lowest BCUT2D eigenvalue weighted by Gasteiger charge is -2.27. The van der Waals surface area contributed by atoms with Crippen molar-refractivity contribution in [2.24, 2.45) is 23.5 Å². The Labute approximate surface area is 197 Å². The summed E-state index contributed by atoms with van der Waals surface area (Å²) < 4.78 is 5.71. The summed E-state index contributed by atoms with van der Waals surface area (Å²) in [4.78, 5) is 32.9. The molecule has 1 fully saturated rings. The molecule has 1 aromatic heterocycles. The fraction of sp³-hybridized carbons (Fsp3) is 0.417. The molecule has 33 heavy (non-hydrogen) atoms. The maximum Gasteiger partial charge on any atom is 0.229 e. The second-order valence-corrected chi connectivity index (χ2v) is 9.29. The quantitative estimate of drug-likeness (QED) is 0.440. The first-order valence-electron chi connectivity index (χ1n) is 11.2. The molecule has 4 atom stereocenters. The number of hydrogen-bond acceptors (Lipinski definition) is 7. The Morgan fingerprint density at radius 1 is 1.18 bits per heavy atom. The molecular weight excluding hydrogens is 442 g/mol. The van der Waals surface area contributed by atoms with Gasteiger partial charge in [0.1, 0.15) is 16.6 Å². The van der Waals surface area contributed by atoms with E-state index in [9.17, 15) is 9.59 Å². The lowest BCUT2D eigenvalue weighted by atomic mass is 9.88. The summed E-state index contributed by atoms with van der Waals surface area (Å²) in [6.45, 7) is 0. The maximum atomic E-state index is 12.1. The molecule has 3 aliphatic rings. The Kier molecular flexibility index (Phi) is 5.70. The van der Waals surface area contributed by atoms with Gasteiger partial charge in [-0.3, -0.25) is 9.59 Å². The predicted molar refractivity (Wildman–Crippen MR) is 126 cm³/mol. The van der Waals surface area contributed by atoms with E-state index in [0.717, 1.165) is 29.7 Å². The van der Waals surface area contributed by atoms with Crippen LogP contribution in [-0.4, -0.2) is 34.8 Å². The third-order valence-corrected chi connectivity index (χ3v) is 7.25. The van der Waals surface area contributed by atoms with Gasteiger partial charge in [-0.1, -0.05) is 29.8 Å². The Morgan fingerprint density at radius 2 is 1.97 bits per heavy atom. The number of nitrogens with one attached hydrogen (secondary N) is 2. The third-order valence-electron chi connectivity index (χ3n) is 6.97. The van der Waals surface area contributed by atoms with Crippen LogP contribution in [0.4, 0.5) is 17.5 Å². The van der Waals surface area contributed by atoms with Crippen LogP contribution >= 0.6 is 11.6 Å². The molecule has 1 aromatic carbocycles. The van der Waals surface area contributed by atoms with Crippen molar-refractivity contribution in [1.82, 2.24) is 9.97 Å². The van der Waals surface area contributed by atoms with Crippen LogP contribution in [-0.2, 0) is 22.4 Å². The molecule has 0 spiro atoms. The SMILES string of the molecule is COc1c(Nc2ncc(Cl)c(N[C@H]3[C@@H](C(N)=O)[C@@H]4C=C[C@H]3C4)n2)ccc2c1CCC(=O)CC2. The summed E-state index contributed by atoms with van der Waals surface area (Å²) >= 11 is 6.39. The van der Waals surface area contributed by atoms with Crippen LogP contribution in [0.3, 0.4) is 0 Å². The summed E-state index contributed by atoms with van der Waals surface area (Å²) in [6.07, 6.45) is 9.05. The molecule has 2 aromatic rings. The largest absolute Gasteiger partial charge is 0.494 e. The van der Waals surface area contributed by atoms with Crippen LogP contribution in [0.15, 0.2) is 30.5 Å². The minimum atomic E-state index is -0.318. The minimum absolute atomic E-state index is 0.152. The lowest BCUT2D eigenvalue weighted by Crippen LogP contribution is -2.41. The highest BCUT2D eigenvalue weighted by Gasteiger charge is 2.47. The number of rotatable bonds is 6.